The van der Waals surface area contributed by atoms with Gasteiger partial charge in [0.2, 0.25) is 5.78 Å². The van der Waals surface area contributed by atoms with Crippen LogP contribution in [-0.4, -0.2) is 17.9 Å². The van der Waals surface area contributed by atoms with Gasteiger partial charge in [0.15, 0.2) is 12.2 Å². The van der Waals surface area contributed by atoms with Crippen LogP contribution in [0.2, 0.25) is 5.02 Å². The molecule has 0 N–H and O–H groups in total. The lowest BCUT2D eigenvalue weighted by molar-refractivity contribution is -0.686. The minimum Gasteiger partial charge on any atom is -0.497 e. The molecule has 25 heavy (non-hydrogen) atoms. The molecule has 4 nitrogen and oxygen atoms in total. The summed E-state index contributed by atoms with van der Waals surface area (Å²) >= 11 is 5.89. The fourth-order valence-corrected chi connectivity index (χ4v) is 2.43. The number of halogens is 2. The largest absolute Gasteiger partial charge is 0.497 e. The fraction of sp³-hybridized carbons (Fsp3) is 0.105. The van der Waals surface area contributed by atoms with Crippen LogP contribution in [0.4, 0.5) is 0 Å². The van der Waals surface area contributed by atoms with Crippen LogP contribution in [0, 0.1) is 0 Å². The average molecular weight is 421 g/mol. The molecule has 0 radical (unpaired) electrons. The Morgan fingerprint density at radius 3 is 2.32 bits per heavy atom. The Balaban J connectivity index is 0.00000225. The van der Waals surface area contributed by atoms with E-state index in [-0.39, 0.29) is 29.3 Å². The van der Waals surface area contributed by atoms with Crippen LogP contribution in [0.1, 0.15) is 10.4 Å². The van der Waals surface area contributed by atoms with Crippen LogP contribution in [0.5, 0.6) is 5.75 Å². The highest BCUT2D eigenvalue weighted by Crippen LogP contribution is 2.18. The number of carbonyl (C=O) groups excluding carboxylic acids is 1. The van der Waals surface area contributed by atoms with Gasteiger partial charge in [0.25, 0.3) is 6.33 Å². The van der Waals surface area contributed by atoms with Crippen LogP contribution in [0.3, 0.4) is 0 Å². The molecular weight excluding hydrogens is 404 g/mol. The number of nitrogens with zero attached hydrogens (tertiary/aromatic N) is 2. The highest BCUT2D eigenvalue weighted by atomic mass is 79.9. The van der Waals surface area contributed by atoms with Crippen molar-refractivity contribution in [3.63, 3.8) is 0 Å². The number of rotatable bonds is 5. The third kappa shape index (κ3) is 4.87. The molecule has 3 aromatic rings. The maximum Gasteiger partial charge on any atom is 0.287 e. The van der Waals surface area contributed by atoms with Crippen LogP contribution in [-0.2, 0) is 6.54 Å². The molecule has 0 aliphatic heterocycles. The maximum atomic E-state index is 12.3. The summed E-state index contributed by atoms with van der Waals surface area (Å²) < 4.78 is 6.85. The van der Waals surface area contributed by atoms with E-state index in [1.807, 2.05) is 36.5 Å². The summed E-state index contributed by atoms with van der Waals surface area (Å²) in [5.74, 6) is 0.747. The summed E-state index contributed by atoms with van der Waals surface area (Å²) in [6.07, 6.45) is 3.50. The minimum atomic E-state index is 0. The number of benzene rings is 2. The molecule has 0 bridgehead atoms. The van der Waals surface area contributed by atoms with Gasteiger partial charge in [0, 0.05) is 22.2 Å². The van der Waals surface area contributed by atoms with Gasteiger partial charge in [0.1, 0.15) is 5.75 Å². The molecule has 0 aliphatic carbocycles. The average Bonchev–Trinajstić information content (AvgIpc) is 2.63. The molecule has 1 aromatic heterocycles. The monoisotopic (exact) mass is 419 g/mol. The van der Waals surface area contributed by atoms with E-state index in [0.29, 0.717) is 10.6 Å². The summed E-state index contributed by atoms with van der Waals surface area (Å²) in [7, 11) is 1.60. The molecule has 3 rings (SSSR count). The number of hydrogen-bond donors (Lipinski definition) is 0. The Labute approximate surface area is 161 Å². The van der Waals surface area contributed by atoms with Gasteiger partial charge in [-0.15, -0.1) is 17.0 Å². The topological polar surface area (TPSA) is 43.1 Å². The third-order valence-corrected chi connectivity index (χ3v) is 3.90. The van der Waals surface area contributed by atoms with Crippen LogP contribution < -0.4 is 9.30 Å². The highest BCUT2D eigenvalue weighted by molar-refractivity contribution is 8.93. The first kappa shape index (κ1) is 19.1. The quantitative estimate of drug-likeness (QED) is 0.460. The van der Waals surface area contributed by atoms with Crippen molar-refractivity contribution in [3.8, 4) is 17.0 Å². The van der Waals surface area contributed by atoms with Gasteiger partial charge < -0.3 is 4.74 Å². The van der Waals surface area contributed by atoms with E-state index in [9.17, 15) is 4.79 Å². The zero-order valence-electron chi connectivity index (χ0n) is 13.6. The van der Waals surface area contributed by atoms with E-state index >= 15 is 0 Å². The van der Waals surface area contributed by atoms with E-state index in [4.69, 9.17) is 16.3 Å². The standard InChI is InChI=1S/C19H16ClN2O2.BrH/c1-24-17-8-4-15(5-9-17)19(23)12-22-11-10-18(21-13-22)14-2-6-16(20)7-3-14;/h2-11,13H,12H2,1H3;1H/q+1;. The van der Waals surface area contributed by atoms with Crippen LogP contribution in [0.25, 0.3) is 11.3 Å². The number of aromatic nitrogens is 2. The highest BCUT2D eigenvalue weighted by Gasteiger charge is 2.12. The van der Waals surface area contributed by atoms with Crippen molar-refractivity contribution in [2.75, 3.05) is 7.11 Å². The van der Waals surface area contributed by atoms with Crippen molar-refractivity contribution in [2.24, 2.45) is 0 Å². The van der Waals surface area contributed by atoms with Gasteiger partial charge in [-0.05, 0) is 53.5 Å². The van der Waals surface area contributed by atoms with Gasteiger partial charge in [-0.3, -0.25) is 4.79 Å². The predicted molar refractivity (Wildman–Crippen MR) is 103 cm³/mol. The molecule has 0 spiro atoms. The Bertz CT molecular complexity index is 835. The Morgan fingerprint density at radius 2 is 1.76 bits per heavy atom. The zero-order chi connectivity index (χ0) is 16.9. The van der Waals surface area contributed by atoms with Crippen molar-refractivity contribution < 1.29 is 14.1 Å². The molecule has 0 aliphatic rings. The van der Waals surface area contributed by atoms with Gasteiger partial charge in [-0.25, -0.2) is 4.57 Å². The smallest absolute Gasteiger partial charge is 0.287 e. The normalized spacial score (nSPS) is 10.0. The van der Waals surface area contributed by atoms with Crippen LogP contribution >= 0.6 is 28.6 Å². The summed E-state index contributed by atoms with van der Waals surface area (Å²) in [5, 5.41) is 0.690. The molecule has 0 saturated carbocycles. The van der Waals surface area contributed by atoms with Crippen molar-refractivity contribution in [1.82, 2.24) is 4.98 Å². The number of Topliss-reactive ketones (excluding diaryl/α,β-unsaturated/α-hetero) is 1. The first-order valence-electron chi connectivity index (χ1n) is 7.44. The molecule has 0 saturated heterocycles. The predicted octanol–water partition coefficient (Wildman–Crippen LogP) is 4.16. The second kappa shape index (κ2) is 8.74. The number of ketones is 1. The Kier molecular flexibility index (Phi) is 6.67. The summed E-state index contributed by atoms with van der Waals surface area (Å²) in [6, 6.07) is 16.4. The van der Waals surface area contributed by atoms with E-state index in [2.05, 4.69) is 4.98 Å². The lowest BCUT2D eigenvalue weighted by Gasteiger charge is -2.02. The van der Waals surface area contributed by atoms with Crippen molar-refractivity contribution >= 4 is 34.4 Å². The first-order valence-corrected chi connectivity index (χ1v) is 7.82. The second-order valence-corrected chi connectivity index (χ2v) is 5.71. The van der Waals surface area contributed by atoms with Crippen molar-refractivity contribution in [2.45, 2.75) is 6.54 Å². The lowest BCUT2D eigenvalue weighted by Crippen LogP contribution is -2.37. The van der Waals surface area contributed by atoms with Crippen LogP contribution in [0.15, 0.2) is 67.1 Å². The molecular formula is C19H17BrClN2O2+. The third-order valence-electron chi connectivity index (χ3n) is 3.65. The lowest BCUT2D eigenvalue weighted by atomic mass is 10.1. The summed E-state index contributed by atoms with van der Waals surface area (Å²) in [6.45, 7) is 0.236. The van der Waals surface area contributed by atoms with Crippen molar-refractivity contribution in [3.05, 3.63) is 77.7 Å². The minimum absolute atomic E-state index is 0. The van der Waals surface area contributed by atoms with Gasteiger partial charge in [0.05, 0.1) is 13.3 Å². The van der Waals surface area contributed by atoms with E-state index < -0.39 is 0 Å². The zero-order valence-corrected chi connectivity index (χ0v) is 16.0. The number of carbonyl (C=O) groups is 1. The number of hydrogen-bond acceptors (Lipinski definition) is 3. The Hall–Kier alpha value is -2.24. The summed E-state index contributed by atoms with van der Waals surface area (Å²) in [5.41, 5.74) is 2.46. The van der Waals surface area contributed by atoms with Gasteiger partial charge in [-0.2, -0.15) is 0 Å². The molecule has 0 fully saturated rings. The summed E-state index contributed by atoms with van der Waals surface area (Å²) in [4.78, 5) is 16.7. The molecule has 6 heteroatoms. The van der Waals surface area contributed by atoms with Gasteiger partial charge >= 0.3 is 0 Å². The number of ether oxygens (including phenoxy) is 1. The molecule has 128 valence electrons. The van der Waals surface area contributed by atoms with E-state index in [0.717, 1.165) is 17.0 Å². The van der Waals surface area contributed by atoms with Crippen molar-refractivity contribution in [1.29, 1.82) is 0 Å². The molecule has 2 aromatic carbocycles. The first-order chi connectivity index (χ1) is 11.7. The SMILES string of the molecule is Br.COc1ccc(C(=O)C[n+]2ccc(-c3ccc(Cl)cc3)nc2)cc1. The van der Waals surface area contributed by atoms with E-state index in [1.165, 1.54) is 0 Å². The van der Waals surface area contributed by atoms with E-state index in [1.54, 1.807) is 42.3 Å². The Morgan fingerprint density at radius 1 is 1.08 bits per heavy atom. The maximum absolute atomic E-state index is 12.3. The molecule has 1 heterocycles. The molecule has 0 atom stereocenters. The molecule has 0 amide bonds. The number of methoxy groups -OCH3 is 1. The van der Waals surface area contributed by atoms with Gasteiger partial charge in [-0.1, -0.05) is 11.6 Å². The molecule has 0 unspecified atom stereocenters. The second-order valence-electron chi connectivity index (χ2n) is 5.28. The fourth-order valence-electron chi connectivity index (χ4n) is 2.30.